The molecule has 4 aromatic rings. The van der Waals surface area contributed by atoms with Crippen LogP contribution in [0.15, 0.2) is 54.7 Å². The fourth-order valence-corrected chi connectivity index (χ4v) is 2.23. The summed E-state index contributed by atoms with van der Waals surface area (Å²) in [6.45, 7) is 0. The quantitative estimate of drug-likeness (QED) is 0.530. The molecule has 4 rings (SSSR count). The summed E-state index contributed by atoms with van der Waals surface area (Å²) in [4.78, 5) is 4.47. The van der Waals surface area contributed by atoms with Gasteiger partial charge in [-0.25, -0.2) is 9.37 Å². The van der Waals surface area contributed by atoms with E-state index in [1.54, 1.807) is 6.07 Å². The molecule has 0 saturated carbocycles. The van der Waals surface area contributed by atoms with Crippen molar-refractivity contribution in [2.75, 3.05) is 0 Å². The van der Waals surface area contributed by atoms with Crippen LogP contribution in [0.25, 0.3) is 28.1 Å². The molecule has 0 atom stereocenters. The predicted octanol–water partition coefficient (Wildman–Crippen LogP) is 3.08. The van der Waals surface area contributed by atoms with Crippen molar-refractivity contribution in [3.8, 4) is 11.5 Å². The van der Waals surface area contributed by atoms with Gasteiger partial charge in [-0.3, -0.25) is 4.40 Å². The van der Waals surface area contributed by atoms with E-state index in [4.69, 9.17) is 0 Å². The molecule has 0 unspecified atom stereocenters. The molecule has 0 bridgehead atoms. The second-order valence-electron chi connectivity index (χ2n) is 4.49. The molecule has 4 nitrogen and oxygen atoms in total. The first-order valence-corrected chi connectivity index (χ1v) is 6.18. The number of benzene rings is 1. The Labute approximate surface area is 113 Å². The zero-order chi connectivity index (χ0) is 13.5. The summed E-state index contributed by atoms with van der Waals surface area (Å²) in [5.41, 5.74) is 2.03. The van der Waals surface area contributed by atoms with Crippen LogP contribution in [0.3, 0.4) is 0 Å². The molecule has 3 heterocycles. The minimum Gasteiger partial charge on any atom is -0.281 e. The lowest BCUT2D eigenvalue weighted by molar-refractivity contribution is 0.629. The van der Waals surface area contributed by atoms with Crippen LogP contribution in [0.2, 0.25) is 0 Å². The summed E-state index contributed by atoms with van der Waals surface area (Å²) in [7, 11) is 0. The van der Waals surface area contributed by atoms with Gasteiger partial charge in [-0.2, -0.15) is 0 Å². The van der Waals surface area contributed by atoms with Gasteiger partial charge in [0.15, 0.2) is 11.5 Å². The van der Waals surface area contributed by atoms with Crippen LogP contribution in [0.5, 0.6) is 0 Å². The van der Waals surface area contributed by atoms with E-state index in [9.17, 15) is 4.39 Å². The first-order chi connectivity index (χ1) is 9.81. The third kappa shape index (κ3) is 1.64. The Balaban J connectivity index is 1.97. The molecule has 1 aromatic carbocycles. The zero-order valence-corrected chi connectivity index (χ0v) is 10.4. The SMILES string of the molecule is Fc1ccc2ccc(-c3nnc4ccccn34)nc2c1. The summed E-state index contributed by atoms with van der Waals surface area (Å²) in [6.07, 6.45) is 1.88. The van der Waals surface area contributed by atoms with Crippen LogP contribution in [0.4, 0.5) is 4.39 Å². The molecule has 96 valence electrons. The van der Waals surface area contributed by atoms with Crippen molar-refractivity contribution in [3.63, 3.8) is 0 Å². The molecule has 0 spiro atoms. The normalized spacial score (nSPS) is 11.2. The summed E-state index contributed by atoms with van der Waals surface area (Å²) in [5.74, 6) is 0.347. The minimum atomic E-state index is -0.298. The molecule has 0 radical (unpaired) electrons. The van der Waals surface area contributed by atoms with Gasteiger partial charge in [-0.15, -0.1) is 10.2 Å². The van der Waals surface area contributed by atoms with Crippen LogP contribution >= 0.6 is 0 Å². The smallest absolute Gasteiger partial charge is 0.187 e. The van der Waals surface area contributed by atoms with Crippen molar-refractivity contribution in [1.82, 2.24) is 19.6 Å². The number of rotatable bonds is 1. The van der Waals surface area contributed by atoms with E-state index in [0.29, 0.717) is 17.0 Å². The van der Waals surface area contributed by atoms with Crippen LogP contribution in [0.1, 0.15) is 0 Å². The van der Waals surface area contributed by atoms with E-state index in [0.717, 1.165) is 11.0 Å². The first-order valence-electron chi connectivity index (χ1n) is 6.18. The highest BCUT2D eigenvalue weighted by Crippen LogP contribution is 2.20. The lowest BCUT2D eigenvalue weighted by Crippen LogP contribution is -1.92. The zero-order valence-electron chi connectivity index (χ0n) is 10.4. The van der Waals surface area contributed by atoms with Gasteiger partial charge in [0.05, 0.1) is 5.52 Å². The first kappa shape index (κ1) is 11.0. The van der Waals surface area contributed by atoms with E-state index in [-0.39, 0.29) is 5.82 Å². The Morgan fingerprint density at radius 1 is 0.950 bits per heavy atom. The third-order valence-corrected chi connectivity index (χ3v) is 3.20. The Hall–Kier alpha value is -2.82. The average Bonchev–Trinajstić information content (AvgIpc) is 2.90. The maximum absolute atomic E-state index is 13.3. The van der Waals surface area contributed by atoms with E-state index in [1.807, 2.05) is 40.9 Å². The third-order valence-electron chi connectivity index (χ3n) is 3.20. The highest BCUT2D eigenvalue weighted by Gasteiger charge is 2.09. The largest absolute Gasteiger partial charge is 0.281 e. The van der Waals surface area contributed by atoms with Gasteiger partial charge in [0.1, 0.15) is 11.5 Å². The van der Waals surface area contributed by atoms with E-state index in [1.165, 1.54) is 12.1 Å². The van der Waals surface area contributed by atoms with Crippen molar-refractivity contribution in [3.05, 3.63) is 60.5 Å². The van der Waals surface area contributed by atoms with Gasteiger partial charge in [-0.1, -0.05) is 12.1 Å². The molecular formula is C15H9FN4. The number of pyridine rings is 2. The standard InChI is InChI=1S/C15H9FN4/c16-11-6-4-10-5-7-12(17-13(10)9-11)15-19-18-14-3-1-2-8-20(14)15/h1-9H. The molecule has 5 heteroatoms. The molecule has 0 aliphatic carbocycles. The van der Waals surface area contributed by atoms with Crippen LogP contribution in [-0.4, -0.2) is 19.6 Å². The van der Waals surface area contributed by atoms with Gasteiger partial charge >= 0.3 is 0 Å². The van der Waals surface area contributed by atoms with Crippen LogP contribution in [-0.2, 0) is 0 Å². The summed E-state index contributed by atoms with van der Waals surface area (Å²) in [5, 5.41) is 9.14. The monoisotopic (exact) mass is 264 g/mol. The number of hydrogen-bond donors (Lipinski definition) is 0. The van der Waals surface area contributed by atoms with Crippen molar-refractivity contribution in [2.45, 2.75) is 0 Å². The Morgan fingerprint density at radius 2 is 1.85 bits per heavy atom. The maximum Gasteiger partial charge on any atom is 0.187 e. The van der Waals surface area contributed by atoms with Gasteiger partial charge in [0, 0.05) is 17.6 Å². The molecule has 0 N–H and O–H groups in total. The molecule has 20 heavy (non-hydrogen) atoms. The average molecular weight is 264 g/mol. The Bertz CT molecular complexity index is 929. The van der Waals surface area contributed by atoms with Gasteiger partial charge < -0.3 is 0 Å². The molecule has 0 aliphatic heterocycles. The van der Waals surface area contributed by atoms with E-state index in [2.05, 4.69) is 15.2 Å². The molecule has 0 saturated heterocycles. The highest BCUT2D eigenvalue weighted by molar-refractivity contribution is 5.81. The Kier molecular flexibility index (Phi) is 2.26. The summed E-state index contributed by atoms with van der Waals surface area (Å²) < 4.78 is 15.1. The topological polar surface area (TPSA) is 43.1 Å². The highest BCUT2D eigenvalue weighted by atomic mass is 19.1. The van der Waals surface area contributed by atoms with Crippen molar-refractivity contribution < 1.29 is 4.39 Å². The predicted molar refractivity (Wildman–Crippen MR) is 73.7 cm³/mol. The lowest BCUT2D eigenvalue weighted by Gasteiger charge is -2.02. The fraction of sp³-hybridized carbons (Fsp3) is 0. The number of fused-ring (bicyclic) bond motifs is 2. The van der Waals surface area contributed by atoms with E-state index >= 15 is 0 Å². The molecule has 0 amide bonds. The molecule has 0 aliphatic rings. The second-order valence-corrected chi connectivity index (χ2v) is 4.49. The van der Waals surface area contributed by atoms with E-state index < -0.39 is 0 Å². The lowest BCUT2D eigenvalue weighted by atomic mass is 10.2. The van der Waals surface area contributed by atoms with Gasteiger partial charge in [-0.05, 0) is 30.3 Å². The summed E-state index contributed by atoms with van der Waals surface area (Å²) in [6, 6.07) is 14.0. The number of hydrogen-bond acceptors (Lipinski definition) is 3. The van der Waals surface area contributed by atoms with Crippen molar-refractivity contribution in [2.24, 2.45) is 0 Å². The number of nitrogens with zero attached hydrogens (tertiary/aromatic N) is 4. The number of halogens is 1. The summed E-state index contributed by atoms with van der Waals surface area (Å²) >= 11 is 0. The molecule has 3 aromatic heterocycles. The van der Waals surface area contributed by atoms with Gasteiger partial charge in [0.2, 0.25) is 0 Å². The van der Waals surface area contributed by atoms with Crippen molar-refractivity contribution in [1.29, 1.82) is 0 Å². The molecule has 0 fully saturated rings. The minimum absolute atomic E-state index is 0.298. The fourth-order valence-electron chi connectivity index (χ4n) is 2.23. The molecular weight excluding hydrogens is 255 g/mol. The van der Waals surface area contributed by atoms with Gasteiger partial charge in [0.25, 0.3) is 0 Å². The van der Waals surface area contributed by atoms with Crippen LogP contribution in [0, 0.1) is 5.82 Å². The second kappa shape index (κ2) is 4.09. The number of aromatic nitrogens is 4. The van der Waals surface area contributed by atoms with Crippen molar-refractivity contribution >= 4 is 16.6 Å². The van der Waals surface area contributed by atoms with Crippen LogP contribution < -0.4 is 0 Å². The maximum atomic E-state index is 13.3. The Morgan fingerprint density at radius 3 is 2.80 bits per heavy atom.